The van der Waals surface area contributed by atoms with Gasteiger partial charge in [0.25, 0.3) is 0 Å². The Morgan fingerprint density at radius 1 is 0.941 bits per heavy atom. The highest BCUT2D eigenvalue weighted by Crippen LogP contribution is 2.16. The van der Waals surface area contributed by atoms with Gasteiger partial charge in [0.1, 0.15) is 0 Å². The van der Waals surface area contributed by atoms with Crippen LogP contribution in [-0.2, 0) is 8.23 Å². The molecule has 0 fully saturated rings. The molecule has 1 aromatic rings. The van der Waals surface area contributed by atoms with Crippen LogP contribution >= 0.6 is 0 Å². The second kappa shape index (κ2) is 5.62. The minimum absolute atomic E-state index is 1.10. The first kappa shape index (κ1) is 14.9. The lowest BCUT2D eigenvalue weighted by molar-refractivity contribution is 0.414. The molecule has 0 aromatic heterocycles. The number of benzene rings is 1. The van der Waals surface area contributed by atoms with E-state index in [1.165, 1.54) is 5.19 Å². The van der Waals surface area contributed by atoms with E-state index in [9.17, 15) is 0 Å². The molecule has 1 rings (SSSR count). The molecular formula is C12H24O2Si3. The van der Waals surface area contributed by atoms with E-state index in [1.54, 1.807) is 0 Å². The third-order valence-electron chi connectivity index (χ3n) is 2.26. The highest BCUT2D eigenvalue weighted by atomic mass is 28.5. The molecule has 0 aliphatic rings. The minimum atomic E-state index is -2.20. The molecule has 1 unspecified atom stereocenters. The van der Waals surface area contributed by atoms with E-state index in [1.807, 2.05) is 6.07 Å². The molecule has 5 heteroatoms. The molecule has 96 valence electrons. The Balaban J connectivity index is 3.02. The number of hydrogen-bond donors (Lipinski definition) is 0. The molecule has 0 spiro atoms. The van der Waals surface area contributed by atoms with Crippen LogP contribution in [0.2, 0.25) is 39.3 Å². The first-order valence-corrected chi connectivity index (χ1v) is 14.7. The van der Waals surface area contributed by atoms with Crippen LogP contribution in [0.25, 0.3) is 0 Å². The van der Waals surface area contributed by atoms with Crippen molar-refractivity contribution < 1.29 is 8.23 Å². The van der Waals surface area contributed by atoms with Crippen molar-refractivity contribution >= 4 is 31.1 Å². The van der Waals surface area contributed by atoms with Crippen LogP contribution in [0.1, 0.15) is 0 Å². The number of hydrogen-bond acceptors (Lipinski definition) is 2. The number of rotatable bonds is 5. The first-order valence-electron chi connectivity index (χ1n) is 6.16. The Bertz CT molecular complexity index is 349. The Kier molecular flexibility index (Phi) is 4.91. The zero-order valence-corrected chi connectivity index (χ0v) is 14.9. The maximum absolute atomic E-state index is 6.41. The largest absolute Gasteiger partial charge is 0.436 e. The fourth-order valence-electron chi connectivity index (χ4n) is 1.93. The van der Waals surface area contributed by atoms with Crippen molar-refractivity contribution in [2.45, 2.75) is 39.3 Å². The third-order valence-corrected chi connectivity index (χ3v) is 11.3. The average Bonchev–Trinajstić information content (AvgIpc) is 2.14. The van der Waals surface area contributed by atoms with Crippen molar-refractivity contribution in [1.82, 2.24) is 0 Å². The zero-order valence-electron chi connectivity index (χ0n) is 11.8. The second-order valence-electron chi connectivity index (χ2n) is 5.69. The molecule has 0 saturated carbocycles. The summed E-state index contributed by atoms with van der Waals surface area (Å²) < 4.78 is 12.7. The van der Waals surface area contributed by atoms with Crippen molar-refractivity contribution in [3.63, 3.8) is 0 Å². The second-order valence-corrected chi connectivity index (χ2v) is 16.2. The summed E-state index contributed by atoms with van der Waals surface area (Å²) in [5.74, 6) is 0. The Morgan fingerprint density at radius 2 is 1.47 bits per heavy atom. The van der Waals surface area contributed by atoms with E-state index in [0.29, 0.717) is 0 Å². The lowest BCUT2D eigenvalue weighted by Crippen LogP contribution is -2.58. The highest BCUT2D eigenvalue weighted by Gasteiger charge is 2.39. The van der Waals surface area contributed by atoms with Crippen LogP contribution < -0.4 is 5.19 Å². The van der Waals surface area contributed by atoms with Crippen molar-refractivity contribution in [2.24, 2.45) is 0 Å². The van der Waals surface area contributed by atoms with Gasteiger partial charge in [-0.15, -0.1) is 0 Å². The van der Waals surface area contributed by atoms with Crippen LogP contribution in [0.5, 0.6) is 0 Å². The Morgan fingerprint density at radius 3 is 1.88 bits per heavy atom. The van der Waals surface area contributed by atoms with E-state index in [0.717, 1.165) is 0 Å². The third kappa shape index (κ3) is 4.89. The summed E-state index contributed by atoms with van der Waals surface area (Å²) in [6, 6.07) is 10.5. The van der Waals surface area contributed by atoms with Gasteiger partial charge < -0.3 is 8.23 Å². The van der Waals surface area contributed by atoms with Gasteiger partial charge in [0.05, 0.1) is 0 Å². The van der Waals surface area contributed by atoms with Crippen molar-refractivity contribution in [1.29, 1.82) is 0 Å². The normalized spacial score (nSPS) is 15.9. The van der Waals surface area contributed by atoms with Gasteiger partial charge in [-0.3, -0.25) is 0 Å². The lowest BCUT2D eigenvalue weighted by Gasteiger charge is -2.35. The fraction of sp³-hybridized carbons (Fsp3) is 0.500. The van der Waals surface area contributed by atoms with Gasteiger partial charge >= 0.3 is 8.56 Å². The summed E-state index contributed by atoms with van der Waals surface area (Å²) in [6.45, 7) is 13.3. The first-order chi connectivity index (χ1) is 7.73. The molecule has 0 aliphatic carbocycles. The maximum Gasteiger partial charge on any atom is 0.348 e. The van der Waals surface area contributed by atoms with Crippen molar-refractivity contribution in [2.75, 3.05) is 0 Å². The smallest absolute Gasteiger partial charge is 0.348 e. The molecule has 0 bridgehead atoms. The molecule has 0 heterocycles. The van der Waals surface area contributed by atoms with Gasteiger partial charge in [-0.05, 0) is 44.5 Å². The predicted molar refractivity (Wildman–Crippen MR) is 82.1 cm³/mol. The monoisotopic (exact) mass is 284 g/mol. The summed E-state index contributed by atoms with van der Waals surface area (Å²) in [6.07, 6.45) is 0. The van der Waals surface area contributed by atoms with Crippen LogP contribution in [0.4, 0.5) is 0 Å². The summed E-state index contributed by atoms with van der Waals surface area (Å²) in [4.78, 5) is 0. The van der Waals surface area contributed by atoms with E-state index in [2.05, 4.69) is 63.5 Å². The average molecular weight is 285 g/mol. The van der Waals surface area contributed by atoms with E-state index >= 15 is 0 Å². The molecule has 0 saturated heterocycles. The minimum Gasteiger partial charge on any atom is -0.436 e. The lowest BCUT2D eigenvalue weighted by atomic mass is 10.4. The standard InChI is InChI=1S/C12H24O2Si3/c1-15(2)13-17(6,14-16(3,4)5)12-10-8-7-9-11-12/h7-11,15H,1-6H3. The van der Waals surface area contributed by atoms with E-state index in [-0.39, 0.29) is 0 Å². The molecule has 1 aromatic carbocycles. The van der Waals surface area contributed by atoms with Crippen LogP contribution in [0, 0.1) is 0 Å². The molecule has 0 N–H and O–H groups in total. The van der Waals surface area contributed by atoms with Gasteiger partial charge in [0.2, 0.25) is 0 Å². The fourth-order valence-corrected chi connectivity index (χ4v) is 12.6. The molecule has 17 heavy (non-hydrogen) atoms. The maximum atomic E-state index is 6.41. The quantitative estimate of drug-likeness (QED) is 0.774. The van der Waals surface area contributed by atoms with Crippen LogP contribution in [-0.4, -0.2) is 25.9 Å². The molecule has 2 nitrogen and oxygen atoms in total. The van der Waals surface area contributed by atoms with E-state index < -0.39 is 25.9 Å². The van der Waals surface area contributed by atoms with E-state index in [4.69, 9.17) is 8.23 Å². The predicted octanol–water partition coefficient (Wildman–Crippen LogP) is 2.82. The highest BCUT2D eigenvalue weighted by molar-refractivity contribution is 6.91. The van der Waals surface area contributed by atoms with Gasteiger partial charge in [-0.1, -0.05) is 30.3 Å². The van der Waals surface area contributed by atoms with Gasteiger partial charge in [-0.25, -0.2) is 0 Å². The van der Waals surface area contributed by atoms with Gasteiger partial charge in [0.15, 0.2) is 17.4 Å². The topological polar surface area (TPSA) is 18.5 Å². The van der Waals surface area contributed by atoms with Crippen molar-refractivity contribution in [3.05, 3.63) is 30.3 Å². The van der Waals surface area contributed by atoms with Gasteiger partial charge in [-0.2, -0.15) is 0 Å². The Labute approximate surface area is 109 Å². The summed E-state index contributed by atoms with van der Waals surface area (Å²) >= 11 is 0. The van der Waals surface area contributed by atoms with Crippen molar-refractivity contribution in [3.8, 4) is 0 Å². The summed E-state index contributed by atoms with van der Waals surface area (Å²) in [7, 11) is -4.88. The summed E-state index contributed by atoms with van der Waals surface area (Å²) in [5.41, 5.74) is 0. The SMILES string of the molecule is C[SiH](C)O[Si](C)(O[Si](C)(C)C)c1ccccc1. The summed E-state index contributed by atoms with van der Waals surface area (Å²) in [5, 5.41) is 1.25. The molecule has 0 amide bonds. The zero-order chi connectivity index (χ0) is 13.1. The molecule has 0 radical (unpaired) electrons. The molecule has 0 aliphatic heterocycles. The van der Waals surface area contributed by atoms with Crippen LogP contribution in [0.15, 0.2) is 30.3 Å². The molecule has 1 atom stereocenters. The Hall–Kier alpha value is -0.209. The van der Waals surface area contributed by atoms with Crippen LogP contribution in [0.3, 0.4) is 0 Å². The molecular weight excluding hydrogens is 260 g/mol. The van der Waals surface area contributed by atoms with Gasteiger partial charge in [0, 0.05) is 0 Å².